The van der Waals surface area contributed by atoms with E-state index in [2.05, 4.69) is 15.3 Å². The van der Waals surface area contributed by atoms with Crippen LogP contribution in [0, 0.1) is 5.82 Å². The average molecular weight is 253 g/mol. The molecule has 1 fully saturated rings. The van der Waals surface area contributed by atoms with Crippen molar-refractivity contribution in [1.29, 1.82) is 0 Å². The van der Waals surface area contributed by atoms with Gasteiger partial charge in [-0.2, -0.15) is 0 Å². The maximum absolute atomic E-state index is 13.9. The van der Waals surface area contributed by atoms with Crippen molar-refractivity contribution in [2.24, 2.45) is 5.84 Å². The first-order valence-corrected chi connectivity index (χ1v) is 5.72. The highest BCUT2D eigenvalue weighted by Gasteiger charge is 2.24. The van der Waals surface area contributed by atoms with Gasteiger partial charge in [-0.1, -0.05) is 0 Å². The van der Waals surface area contributed by atoms with Crippen LogP contribution >= 0.6 is 0 Å². The molecule has 2 heterocycles. The van der Waals surface area contributed by atoms with Crippen LogP contribution in [0.4, 0.5) is 10.2 Å². The van der Waals surface area contributed by atoms with Crippen LogP contribution in [0.1, 0.15) is 10.4 Å². The quantitative estimate of drug-likeness (QED) is 0.568. The van der Waals surface area contributed by atoms with E-state index < -0.39 is 5.82 Å². The molecule has 0 aromatic carbocycles. The Balaban J connectivity index is 2.18. The molecule has 7 heteroatoms. The zero-order valence-corrected chi connectivity index (χ0v) is 10.2. The fraction of sp³-hybridized carbons (Fsp3) is 0.455. The molecule has 6 nitrogen and oxygen atoms in total. The summed E-state index contributed by atoms with van der Waals surface area (Å²) in [5, 5.41) is 0. The van der Waals surface area contributed by atoms with Crippen molar-refractivity contribution in [2.75, 3.05) is 38.7 Å². The van der Waals surface area contributed by atoms with Crippen molar-refractivity contribution in [3.05, 3.63) is 23.6 Å². The van der Waals surface area contributed by atoms with Gasteiger partial charge in [0.1, 0.15) is 0 Å². The molecule has 1 aromatic rings. The number of nitrogens with one attached hydrogen (secondary N) is 1. The van der Waals surface area contributed by atoms with Crippen LogP contribution in [0.2, 0.25) is 0 Å². The summed E-state index contributed by atoms with van der Waals surface area (Å²) in [5.74, 6) is 3.99. The van der Waals surface area contributed by atoms with Crippen LogP contribution in [-0.2, 0) is 0 Å². The van der Waals surface area contributed by atoms with Gasteiger partial charge in [0.05, 0.1) is 5.56 Å². The average Bonchev–Trinajstić information content (AvgIpc) is 2.39. The van der Waals surface area contributed by atoms with Crippen molar-refractivity contribution in [3.63, 3.8) is 0 Å². The van der Waals surface area contributed by atoms with E-state index in [0.29, 0.717) is 13.1 Å². The summed E-state index contributed by atoms with van der Waals surface area (Å²) in [7, 11) is 1.99. The first kappa shape index (κ1) is 12.7. The molecule has 1 saturated heterocycles. The fourth-order valence-corrected chi connectivity index (χ4v) is 1.89. The van der Waals surface area contributed by atoms with Gasteiger partial charge in [-0.15, -0.1) is 0 Å². The predicted molar refractivity (Wildman–Crippen MR) is 65.4 cm³/mol. The van der Waals surface area contributed by atoms with Gasteiger partial charge >= 0.3 is 0 Å². The number of halogens is 1. The molecule has 0 spiro atoms. The fourth-order valence-electron chi connectivity index (χ4n) is 1.89. The standard InChI is InChI=1S/C11H16FN5O/c1-16-4-6-17(7-5-16)11(18)8-2-3-14-10(15-13)9(8)12/h2-3H,4-7,13H2,1H3,(H,14,15). The van der Waals surface area contributed by atoms with Crippen molar-refractivity contribution < 1.29 is 9.18 Å². The Morgan fingerprint density at radius 2 is 2.11 bits per heavy atom. The summed E-state index contributed by atoms with van der Waals surface area (Å²) >= 11 is 0. The first-order chi connectivity index (χ1) is 8.63. The number of rotatable bonds is 2. The molecule has 1 aliphatic rings. The number of piperazine rings is 1. The Morgan fingerprint density at radius 3 is 2.72 bits per heavy atom. The second-order valence-electron chi connectivity index (χ2n) is 4.26. The molecule has 1 amide bonds. The molecule has 0 saturated carbocycles. The molecular weight excluding hydrogens is 237 g/mol. The summed E-state index contributed by atoms with van der Waals surface area (Å²) in [6.07, 6.45) is 1.36. The molecule has 0 atom stereocenters. The molecule has 1 aliphatic heterocycles. The minimum Gasteiger partial charge on any atom is -0.336 e. The molecule has 0 radical (unpaired) electrons. The van der Waals surface area contributed by atoms with E-state index in [0.717, 1.165) is 13.1 Å². The smallest absolute Gasteiger partial charge is 0.257 e. The number of carbonyl (C=O) groups is 1. The highest BCUT2D eigenvalue weighted by molar-refractivity contribution is 5.95. The lowest BCUT2D eigenvalue weighted by Crippen LogP contribution is -2.47. The summed E-state index contributed by atoms with van der Waals surface area (Å²) in [5.41, 5.74) is 2.14. The number of carbonyl (C=O) groups excluding carboxylic acids is 1. The zero-order valence-electron chi connectivity index (χ0n) is 10.2. The van der Waals surface area contributed by atoms with E-state index in [1.165, 1.54) is 12.3 Å². The Bertz CT molecular complexity index is 445. The second-order valence-corrected chi connectivity index (χ2v) is 4.26. The highest BCUT2D eigenvalue weighted by Crippen LogP contribution is 2.16. The number of hydrogen-bond donors (Lipinski definition) is 2. The number of anilines is 1. The van der Waals surface area contributed by atoms with Crippen LogP contribution in [0.25, 0.3) is 0 Å². The maximum atomic E-state index is 13.9. The third kappa shape index (κ3) is 2.41. The molecule has 0 bridgehead atoms. The Morgan fingerprint density at radius 1 is 1.44 bits per heavy atom. The van der Waals surface area contributed by atoms with Gasteiger partial charge in [-0.05, 0) is 13.1 Å². The molecule has 0 aliphatic carbocycles. The van der Waals surface area contributed by atoms with E-state index in [1.807, 2.05) is 7.05 Å². The lowest BCUT2D eigenvalue weighted by atomic mass is 10.2. The highest BCUT2D eigenvalue weighted by atomic mass is 19.1. The summed E-state index contributed by atoms with van der Waals surface area (Å²) < 4.78 is 13.9. The van der Waals surface area contributed by atoms with Gasteiger partial charge in [0, 0.05) is 32.4 Å². The molecule has 3 N–H and O–H groups in total. The summed E-state index contributed by atoms with van der Waals surface area (Å²) in [6.45, 7) is 2.78. The van der Waals surface area contributed by atoms with Crippen LogP contribution < -0.4 is 11.3 Å². The zero-order chi connectivity index (χ0) is 13.1. The van der Waals surface area contributed by atoms with Crippen LogP contribution in [0.15, 0.2) is 12.3 Å². The molecule has 18 heavy (non-hydrogen) atoms. The summed E-state index contributed by atoms with van der Waals surface area (Å²) in [6, 6.07) is 1.37. The van der Waals surface area contributed by atoms with E-state index in [9.17, 15) is 9.18 Å². The molecule has 2 rings (SSSR count). The number of hydrazine groups is 1. The van der Waals surface area contributed by atoms with Gasteiger partial charge < -0.3 is 15.2 Å². The first-order valence-electron chi connectivity index (χ1n) is 5.72. The number of nitrogens with zero attached hydrogens (tertiary/aromatic N) is 3. The van der Waals surface area contributed by atoms with Crippen molar-refractivity contribution >= 4 is 11.7 Å². The lowest BCUT2D eigenvalue weighted by Gasteiger charge is -2.32. The van der Waals surface area contributed by atoms with Gasteiger partial charge in [-0.25, -0.2) is 15.2 Å². The number of nitrogens with two attached hydrogens (primary N) is 1. The van der Waals surface area contributed by atoms with Crippen molar-refractivity contribution in [1.82, 2.24) is 14.8 Å². The topological polar surface area (TPSA) is 74.5 Å². The van der Waals surface area contributed by atoms with Crippen LogP contribution in [-0.4, -0.2) is 53.9 Å². The number of pyridine rings is 1. The Labute approximate surface area is 105 Å². The van der Waals surface area contributed by atoms with Gasteiger partial charge in [0.25, 0.3) is 5.91 Å². The van der Waals surface area contributed by atoms with E-state index in [4.69, 9.17) is 5.84 Å². The van der Waals surface area contributed by atoms with E-state index >= 15 is 0 Å². The monoisotopic (exact) mass is 253 g/mol. The van der Waals surface area contributed by atoms with Crippen molar-refractivity contribution in [3.8, 4) is 0 Å². The minimum atomic E-state index is -0.705. The summed E-state index contributed by atoms with van der Waals surface area (Å²) in [4.78, 5) is 19.6. The number of aromatic nitrogens is 1. The number of nitrogen functional groups attached to an aromatic ring is 1. The number of hydrogen-bond acceptors (Lipinski definition) is 5. The van der Waals surface area contributed by atoms with Crippen LogP contribution in [0.3, 0.4) is 0 Å². The Hall–Kier alpha value is -1.73. The molecular formula is C11H16FN5O. The largest absolute Gasteiger partial charge is 0.336 e. The third-order valence-electron chi connectivity index (χ3n) is 3.05. The van der Waals surface area contributed by atoms with Gasteiger partial charge in [0.2, 0.25) is 0 Å². The van der Waals surface area contributed by atoms with Gasteiger partial charge in [-0.3, -0.25) is 4.79 Å². The molecule has 98 valence electrons. The lowest BCUT2D eigenvalue weighted by molar-refractivity contribution is 0.0659. The maximum Gasteiger partial charge on any atom is 0.257 e. The second kappa shape index (κ2) is 5.28. The predicted octanol–water partition coefficient (Wildman–Crippen LogP) is -0.106. The number of likely N-dealkylation sites (N-methyl/N-ethyl adjacent to an activating group) is 1. The minimum absolute atomic E-state index is 0.00232. The van der Waals surface area contributed by atoms with Gasteiger partial charge in [0.15, 0.2) is 11.6 Å². The normalized spacial score (nSPS) is 16.7. The number of amides is 1. The SMILES string of the molecule is CN1CCN(C(=O)c2ccnc(NN)c2F)CC1. The van der Waals surface area contributed by atoms with Crippen LogP contribution in [0.5, 0.6) is 0 Å². The molecule has 0 unspecified atom stereocenters. The Kier molecular flexibility index (Phi) is 3.73. The van der Waals surface area contributed by atoms with Crippen molar-refractivity contribution in [2.45, 2.75) is 0 Å². The van der Waals surface area contributed by atoms with E-state index in [-0.39, 0.29) is 17.3 Å². The molecule has 1 aromatic heterocycles. The third-order valence-corrected chi connectivity index (χ3v) is 3.05. The van der Waals surface area contributed by atoms with E-state index in [1.54, 1.807) is 4.90 Å².